The third-order valence-electron chi connectivity index (χ3n) is 3.50. The van der Waals surface area contributed by atoms with E-state index in [1.165, 1.54) is 12.1 Å². The molecule has 3 rings (SSSR count). The van der Waals surface area contributed by atoms with Crippen LogP contribution in [0.2, 0.25) is 0 Å². The summed E-state index contributed by atoms with van der Waals surface area (Å²) < 4.78 is 29.0. The van der Waals surface area contributed by atoms with Crippen molar-refractivity contribution in [3.05, 3.63) is 60.4 Å². The van der Waals surface area contributed by atoms with Gasteiger partial charge in [0.15, 0.2) is 15.6 Å². The van der Waals surface area contributed by atoms with Crippen LogP contribution in [0.5, 0.6) is 0 Å². The lowest BCUT2D eigenvalue weighted by atomic mass is 10.2. The van der Waals surface area contributed by atoms with Crippen molar-refractivity contribution in [2.24, 2.45) is 0 Å². The predicted octanol–water partition coefficient (Wildman–Crippen LogP) is 3.48. The number of benzene rings is 2. The summed E-state index contributed by atoms with van der Waals surface area (Å²) in [6.45, 7) is 1.59. The summed E-state index contributed by atoms with van der Waals surface area (Å²) >= 11 is 0. The number of sulfone groups is 1. The van der Waals surface area contributed by atoms with Gasteiger partial charge in [-0.1, -0.05) is 25.1 Å². The smallest absolute Gasteiger partial charge is 0.291 e. The molecule has 1 heterocycles. The Morgan fingerprint density at radius 2 is 1.78 bits per heavy atom. The standard InChI is InChI=1S/C17H15NO4S/c1-2-23(20,21)14-9-7-13(8-10-14)18-17(19)16-11-12-5-3-4-6-15(12)22-16/h3-11H,2H2,1H3,(H,18,19). The van der Waals surface area contributed by atoms with Crippen LogP contribution in [0.4, 0.5) is 5.69 Å². The van der Waals surface area contributed by atoms with Crippen LogP contribution >= 0.6 is 0 Å². The maximum Gasteiger partial charge on any atom is 0.291 e. The van der Waals surface area contributed by atoms with Gasteiger partial charge in [0.25, 0.3) is 5.91 Å². The summed E-state index contributed by atoms with van der Waals surface area (Å²) in [4.78, 5) is 12.4. The topological polar surface area (TPSA) is 76.4 Å². The Labute approximate surface area is 133 Å². The molecule has 0 aliphatic rings. The molecule has 5 nitrogen and oxygen atoms in total. The van der Waals surface area contributed by atoms with E-state index >= 15 is 0 Å². The van der Waals surface area contributed by atoms with Gasteiger partial charge < -0.3 is 9.73 Å². The van der Waals surface area contributed by atoms with E-state index in [1.54, 1.807) is 31.2 Å². The van der Waals surface area contributed by atoms with E-state index < -0.39 is 9.84 Å². The van der Waals surface area contributed by atoms with Crippen LogP contribution in [0.25, 0.3) is 11.0 Å². The second kappa shape index (κ2) is 5.89. The molecule has 0 aliphatic heterocycles. The highest BCUT2D eigenvalue weighted by Crippen LogP contribution is 2.20. The number of hydrogen-bond acceptors (Lipinski definition) is 4. The molecule has 3 aromatic rings. The van der Waals surface area contributed by atoms with Crippen LogP contribution in [-0.4, -0.2) is 20.1 Å². The first-order chi connectivity index (χ1) is 11.0. The largest absolute Gasteiger partial charge is 0.451 e. The number of anilines is 1. The maximum absolute atomic E-state index is 12.2. The summed E-state index contributed by atoms with van der Waals surface area (Å²) in [6.07, 6.45) is 0. The van der Waals surface area contributed by atoms with Gasteiger partial charge in [0.2, 0.25) is 0 Å². The minimum atomic E-state index is -3.24. The monoisotopic (exact) mass is 329 g/mol. The Bertz CT molecular complexity index is 923. The number of para-hydroxylation sites is 1. The van der Waals surface area contributed by atoms with Gasteiger partial charge in [0.1, 0.15) is 5.58 Å². The van der Waals surface area contributed by atoms with Gasteiger partial charge in [-0.05, 0) is 36.4 Å². The van der Waals surface area contributed by atoms with Crippen molar-refractivity contribution >= 4 is 32.4 Å². The molecule has 0 unspecified atom stereocenters. The van der Waals surface area contributed by atoms with Gasteiger partial charge in [-0.3, -0.25) is 4.79 Å². The number of amides is 1. The van der Waals surface area contributed by atoms with E-state index in [2.05, 4.69) is 5.32 Å². The zero-order chi connectivity index (χ0) is 16.4. The number of rotatable bonds is 4. The number of furan rings is 1. The van der Waals surface area contributed by atoms with E-state index in [-0.39, 0.29) is 22.3 Å². The Kier molecular flexibility index (Phi) is 3.92. The van der Waals surface area contributed by atoms with Gasteiger partial charge in [0, 0.05) is 11.1 Å². The van der Waals surface area contributed by atoms with Crippen LogP contribution in [0.15, 0.2) is 63.9 Å². The first-order valence-corrected chi connectivity index (χ1v) is 8.77. The molecular weight excluding hydrogens is 314 g/mol. The highest BCUT2D eigenvalue weighted by atomic mass is 32.2. The molecule has 23 heavy (non-hydrogen) atoms. The lowest BCUT2D eigenvalue weighted by Crippen LogP contribution is -2.11. The number of nitrogens with one attached hydrogen (secondary N) is 1. The van der Waals surface area contributed by atoms with Crippen molar-refractivity contribution in [2.45, 2.75) is 11.8 Å². The summed E-state index contributed by atoms with van der Waals surface area (Å²) in [6, 6.07) is 15.1. The minimum Gasteiger partial charge on any atom is -0.451 e. The maximum atomic E-state index is 12.2. The van der Waals surface area contributed by atoms with Gasteiger partial charge in [-0.25, -0.2) is 8.42 Å². The molecule has 0 fully saturated rings. The lowest BCUT2D eigenvalue weighted by Gasteiger charge is -2.05. The highest BCUT2D eigenvalue weighted by molar-refractivity contribution is 7.91. The second-order valence-electron chi connectivity index (χ2n) is 5.03. The van der Waals surface area contributed by atoms with Gasteiger partial charge in [0.05, 0.1) is 10.6 Å². The van der Waals surface area contributed by atoms with Crippen molar-refractivity contribution < 1.29 is 17.6 Å². The van der Waals surface area contributed by atoms with E-state index in [9.17, 15) is 13.2 Å². The zero-order valence-electron chi connectivity index (χ0n) is 12.4. The molecule has 1 N–H and O–H groups in total. The normalized spacial score (nSPS) is 11.5. The molecule has 0 saturated carbocycles. The third-order valence-corrected chi connectivity index (χ3v) is 5.25. The lowest BCUT2D eigenvalue weighted by molar-refractivity contribution is 0.0998. The fourth-order valence-corrected chi connectivity index (χ4v) is 3.08. The molecule has 0 aliphatic carbocycles. The number of hydrogen-bond donors (Lipinski definition) is 1. The summed E-state index contributed by atoms with van der Waals surface area (Å²) in [5, 5.41) is 3.54. The quantitative estimate of drug-likeness (QED) is 0.795. The Hall–Kier alpha value is -2.60. The van der Waals surface area contributed by atoms with E-state index in [0.29, 0.717) is 11.3 Å². The number of fused-ring (bicyclic) bond motifs is 1. The Morgan fingerprint density at radius 3 is 2.43 bits per heavy atom. The first kappa shape index (κ1) is 15.3. The molecule has 0 saturated heterocycles. The van der Waals surface area contributed by atoms with Crippen LogP contribution in [0, 0.1) is 0 Å². The fourth-order valence-electron chi connectivity index (χ4n) is 2.20. The molecule has 118 valence electrons. The molecule has 0 bridgehead atoms. The molecule has 6 heteroatoms. The summed E-state index contributed by atoms with van der Waals surface area (Å²) in [5.74, 6) is -0.138. The van der Waals surface area contributed by atoms with Crippen molar-refractivity contribution in [1.82, 2.24) is 0 Å². The van der Waals surface area contributed by atoms with Gasteiger partial charge in [-0.15, -0.1) is 0 Å². The fraction of sp³-hybridized carbons (Fsp3) is 0.118. The summed E-state index contributed by atoms with van der Waals surface area (Å²) in [5.41, 5.74) is 1.15. The van der Waals surface area contributed by atoms with Crippen molar-refractivity contribution in [3.8, 4) is 0 Å². The van der Waals surface area contributed by atoms with Gasteiger partial charge >= 0.3 is 0 Å². The molecule has 0 radical (unpaired) electrons. The molecule has 0 spiro atoms. The van der Waals surface area contributed by atoms with Crippen LogP contribution in [0.3, 0.4) is 0 Å². The highest BCUT2D eigenvalue weighted by Gasteiger charge is 2.14. The Morgan fingerprint density at radius 1 is 1.09 bits per heavy atom. The average molecular weight is 329 g/mol. The van der Waals surface area contributed by atoms with E-state index in [0.717, 1.165) is 5.39 Å². The molecule has 1 aromatic heterocycles. The van der Waals surface area contributed by atoms with Crippen molar-refractivity contribution in [2.75, 3.05) is 11.1 Å². The average Bonchev–Trinajstić information content (AvgIpc) is 2.99. The molecular formula is C17H15NO4S. The molecule has 0 atom stereocenters. The van der Waals surface area contributed by atoms with Crippen molar-refractivity contribution in [3.63, 3.8) is 0 Å². The summed E-state index contributed by atoms with van der Waals surface area (Å²) in [7, 11) is -3.24. The molecule has 1 amide bonds. The third kappa shape index (κ3) is 3.12. The number of carbonyl (C=O) groups is 1. The Balaban J connectivity index is 1.80. The zero-order valence-corrected chi connectivity index (χ0v) is 13.3. The second-order valence-corrected chi connectivity index (χ2v) is 7.31. The first-order valence-electron chi connectivity index (χ1n) is 7.12. The molecule has 2 aromatic carbocycles. The predicted molar refractivity (Wildman–Crippen MR) is 88.3 cm³/mol. The van der Waals surface area contributed by atoms with Crippen LogP contribution in [-0.2, 0) is 9.84 Å². The number of carbonyl (C=O) groups excluding carboxylic acids is 1. The minimum absolute atomic E-state index is 0.0394. The van der Waals surface area contributed by atoms with E-state index in [4.69, 9.17) is 4.42 Å². The van der Waals surface area contributed by atoms with Crippen LogP contribution < -0.4 is 5.32 Å². The van der Waals surface area contributed by atoms with E-state index in [1.807, 2.05) is 18.2 Å². The SMILES string of the molecule is CCS(=O)(=O)c1ccc(NC(=O)c2cc3ccccc3o2)cc1. The van der Waals surface area contributed by atoms with Gasteiger partial charge in [-0.2, -0.15) is 0 Å². The van der Waals surface area contributed by atoms with Crippen LogP contribution in [0.1, 0.15) is 17.5 Å². The van der Waals surface area contributed by atoms with Crippen molar-refractivity contribution in [1.29, 1.82) is 0 Å².